The van der Waals surface area contributed by atoms with Crippen LogP contribution in [0.1, 0.15) is 66.7 Å². The molecule has 0 radical (unpaired) electrons. The number of ether oxygens (including phenoxy) is 3. The summed E-state index contributed by atoms with van der Waals surface area (Å²) in [6.45, 7) is 10.5. The number of aliphatic carboxylic acids is 1. The molecule has 1 aliphatic heterocycles. The van der Waals surface area contributed by atoms with Crippen molar-refractivity contribution in [3.63, 3.8) is 0 Å². The molecule has 4 aliphatic carbocycles. The maximum absolute atomic E-state index is 13.6. The van der Waals surface area contributed by atoms with E-state index >= 15 is 0 Å². The van der Waals surface area contributed by atoms with E-state index in [2.05, 4.69) is 18.2 Å². The lowest BCUT2D eigenvalue weighted by Gasteiger charge is -2.58. The van der Waals surface area contributed by atoms with Gasteiger partial charge in [0.05, 0.1) is 18.1 Å². The maximum atomic E-state index is 13.6. The summed E-state index contributed by atoms with van der Waals surface area (Å²) in [4.78, 5) is 32.2. The Kier molecular flexibility index (Phi) is 7.53. The number of carboxylic acid groups (broad SMARTS) is 1. The maximum Gasteiger partial charge on any atom is 0.315 e. The molecule has 7 unspecified atom stereocenters. The van der Waals surface area contributed by atoms with Crippen LogP contribution >= 0.6 is 0 Å². The number of fused-ring (bicyclic) bond motifs is 2. The Bertz CT molecular complexity index is 1040. The minimum atomic E-state index is -1.34. The highest BCUT2D eigenvalue weighted by Gasteiger charge is 2.84. The van der Waals surface area contributed by atoms with Crippen LogP contribution in [0.15, 0.2) is 16.8 Å². The zero-order valence-electron chi connectivity index (χ0n) is 24.1. The minimum absolute atomic E-state index is 0.0195. The van der Waals surface area contributed by atoms with Crippen LogP contribution in [-0.4, -0.2) is 73.1 Å². The van der Waals surface area contributed by atoms with Crippen LogP contribution in [0.4, 0.5) is 0 Å². The van der Waals surface area contributed by atoms with Crippen molar-refractivity contribution < 1.29 is 38.9 Å². The lowest BCUT2D eigenvalue weighted by atomic mass is 9.43. The van der Waals surface area contributed by atoms with E-state index in [0.717, 1.165) is 31.1 Å². The largest absolute Gasteiger partial charge is 0.481 e. The quantitative estimate of drug-likeness (QED) is 0.183. The lowest BCUT2D eigenvalue weighted by Crippen LogP contribution is -2.64. The molecule has 218 valence electrons. The third kappa shape index (κ3) is 3.68. The van der Waals surface area contributed by atoms with Crippen LogP contribution in [0.2, 0.25) is 0 Å². The molecular formula is C30H45NO8. The van der Waals surface area contributed by atoms with E-state index in [1.54, 1.807) is 0 Å². The number of allylic oxidation sites excluding steroid dienone is 1. The van der Waals surface area contributed by atoms with E-state index in [0.29, 0.717) is 31.1 Å². The fourth-order valence-electron chi connectivity index (χ4n) is 9.53. The fourth-order valence-corrected chi connectivity index (χ4v) is 9.53. The highest BCUT2D eigenvalue weighted by Crippen LogP contribution is 2.82. The number of nitrogens with zero attached hydrogens (tertiary/aromatic N) is 1. The van der Waals surface area contributed by atoms with E-state index in [1.807, 2.05) is 27.7 Å². The van der Waals surface area contributed by atoms with E-state index in [1.165, 1.54) is 7.11 Å². The smallest absolute Gasteiger partial charge is 0.315 e. The number of carboxylic acids is 1. The highest BCUT2D eigenvalue weighted by atomic mass is 16.7. The first-order chi connectivity index (χ1) is 18.6. The molecule has 5 aliphatic rings. The molecule has 0 aromatic heterocycles. The Morgan fingerprint density at radius 2 is 2.03 bits per heavy atom. The van der Waals surface area contributed by atoms with Gasteiger partial charge in [0.2, 0.25) is 0 Å². The second-order valence-corrected chi connectivity index (χ2v) is 13.0. The molecule has 39 heavy (non-hydrogen) atoms. The van der Waals surface area contributed by atoms with E-state index in [-0.39, 0.29) is 30.3 Å². The monoisotopic (exact) mass is 547 g/mol. The molecule has 3 saturated carbocycles. The van der Waals surface area contributed by atoms with Gasteiger partial charge in [0.1, 0.15) is 36.2 Å². The van der Waals surface area contributed by atoms with E-state index < -0.39 is 46.8 Å². The number of carbonyl (C=O) groups is 2. The molecule has 1 saturated heterocycles. The number of aldehydes is 1. The number of rotatable bonds is 10. The number of aliphatic hydroxyl groups excluding tert-OH is 1. The van der Waals surface area contributed by atoms with Gasteiger partial charge in [-0.25, -0.2) is 0 Å². The molecule has 4 bridgehead atoms. The molecule has 2 N–H and O–H groups in total. The predicted octanol–water partition coefficient (Wildman–Crippen LogP) is 3.83. The second-order valence-electron chi connectivity index (χ2n) is 13.0. The summed E-state index contributed by atoms with van der Waals surface area (Å²) in [5.74, 6) is -0.327. The van der Waals surface area contributed by atoms with Gasteiger partial charge in [0.25, 0.3) is 0 Å². The summed E-state index contributed by atoms with van der Waals surface area (Å²) in [5.41, 5.74) is -1.96. The van der Waals surface area contributed by atoms with Gasteiger partial charge in [-0.3, -0.25) is 4.79 Å². The number of hydrogen-bond acceptors (Lipinski definition) is 8. The zero-order chi connectivity index (χ0) is 28.3. The Hall–Kier alpha value is -1.81. The first kappa shape index (κ1) is 28.7. The Labute approximate surface area is 231 Å². The first-order valence-electron chi connectivity index (χ1n) is 14.7. The van der Waals surface area contributed by atoms with Gasteiger partial charge >= 0.3 is 5.97 Å². The predicted molar refractivity (Wildman–Crippen MR) is 143 cm³/mol. The molecule has 0 aromatic rings. The summed E-state index contributed by atoms with van der Waals surface area (Å²) in [6, 6.07) is 0. The molecule has 11 atom stereocenters. The second kappa shape index (κ2) is 10.2. The molecule has 9 heteroatoms. The van der Waals surface area contributed by atoms with Gasteiger partial charge in [0.15, 0.2) is 6.29 Å². The third-order valence-corrected chi connectivity index (χ3v) is 11.0. The van der Waals surface area contributed by atoms with Crippen LogP contribution in [0.5, 0.6) is 0 Å². The fraction of sp³-hybridized carbons (Fsp3) is 0.833. The summed E-state index contributed by atoms with van der Waals surface area (Å²) in [5, 5.41) is 26.6. The zero-order valence-corrected chi connectivity index (χ0v) is 24.1. The highest BCUT2D eigenvalue weighted by molar-refractivity contribution is 5.94. The topological polar surface area (TPSA) is 124 Å². The summed E-state index contributed by atoms with van der Waals surface area (Å²) < 4.78 is 18.1. The number of aliphatic hydroxyl groups is 1. The van der Waals surface area contributed by atoms with Crippen LogP contribution < -0.4 is 0 Å². The van der Waals surface area contributed by atoms with Crippen molar-refractivity contribution in [2.24, 2.45) is 51.0 Å². The van der Waals surface area contributed by atoms with Crippen molar-refractivity contribution in [2.75, 3.05) is 20.3 Å². The SMILES string of the molecule is CCCO/N=C1\[C@@H](O)[C@H](OCC23CC4C(C)CCC4C4(C=O)CC2C=C(C(C)C)C43C(=O)O)O[C@H](C)[C@H]1OC. The Balaban J connectivity index is 1.53. The molecule has 0 aromatic carbocycles. The number of hydrogen-bond donors (Lipinski definition) is 2. The molecule has 5 rings (SSSR count). The van der Waals surface area contributed by atoms with Gasteiger partial charge in [-0.1, -0.05) is 50.9 Å². The molecule has 4 fully saturated rings. The number of oxime groups is 1. The molecule has 0 spiro atoms. The van der Waals surface area contributed by atoms with Crippen LogP contribution in [0, 0.1) is 45.8 Å². The third-order valence-electron chi connectivity index (χ3n) is 11.0. The summed E-state index contributed by atoms with van der Waals surface area (Å²) in [6.07, 6.45) is 3.63. The molecule has 0 amide bonds. The summed E-state index contributed by atoms with van der Waals surface area (Å²) >= 11 is 0. The van der Waals surface area contributed by atoms with Crippen molar-refractivity contribution in [1.29, 1.82) is 0 Å². The number of methoxy groups -OCH3 is 1. The average Bonchev–Trinajstić information content (AvgIpc) is 3.47. The van der Waals surface area contributed by atoms with Gasteiger partial charge in [-0.2, -0.15) is 0 Å². The van der Waals surface area contributed by atoms with Crippen molar-refractivity contribution in [3.05, 3.63) is 11.6 Å². The van der Waals surface area contributed by atoms with Gasteiger partial charge in [-0.15, -0.1) is 0 Å². The van der Waals surface area contributed by atoms with E-state index in [4.69, 9.17) is 19.0 Å². The van der Waals surface area contributed by atoms with Crippen molar-refractivity contribution >= 4 is 18.0 Å². The molecule has 1 heterocycles. The van der Waals surface area contributed by atoms with E-state index in [9.17, 15) is 19.8 Å². The molecular weight excluding hydrogens is 502 g/mol. The summed E-state index contributed by atoms with van der Waals surface area (Å²) in [7, 11) is 1.53. The normalized spacial score (nSPS) is 47.4. The van der Waals surface area contributed by atoms with Crippen molar-refractivity contribution in [2.45, 2.75) is 91.3 Å². The Morgan fingerprint density at radius 1 is 1.28 bits per heavy atom. The Morgan fingerprint density at radius 3 is 2.64 bits per heavy atom. The van der Waals surface area contributed by atoms with Crippen LogP contribution in [0.25, 0.3) is 0 Å². The van der Waals surface area contributed by atoms with Gasteiger partial charge in [0, 0.05) is 12.5 Å². The first-order valence-corrected chi connectivity index (χ1v) is 14.7. The van der Waals surface area contributed by atoms with Crippen molar-refractivity contribution in [1.82, 2.24) is 0 Å². The number of carbonyl (C=O) groups excluding carboxylic acids is 1. The molecule has 9 nitrogen and oxygen atoms in total. The van der Waals surface area contributed by atoms with Crippen molar-refractivity contribution in [3.8, 4) is 0 Å². The van der Waals surface area contributed by atoms with Crippen LogP contribution in [0.3, 0.4) is 0 Å². The van der Waals surface area contributed by atoms with Gasteiger partial charge < -0.3 is 34.1 Å². The average molecular weight is 548 g/mol. The van der Waals surface area contributed by atoms with Gasteiger partial charge in [-0.05, 0) is 62.2 Å². The standard InChI is InChI=1S/C30H45NO8/c1-7-10-38-31-23-24(33)26(39-18(5)25(23)36-6)37-15-29-13-20-17(4)8-9-21(20)28(14-32)12-19(29)11-22(16(2)3)30(28,29)27(34)35/h11,14,16-21,24-26,33H,7-10,12-13,15H2,1-6H3,(H,34,35)/b31-23+/t17?,18-,19?,20?,21?,24-,25-,26-,28?,29?,30?/m1/s1. The minimum Gasteiger partial charge on any atom is -0.481 e. The lowest BCUT2D eigenvalue weighted by molar-refractivity contribution is -0.250. The van der Waals surface area contributed by atoms with Crippen LogP contribution in [-0.2, 0) is 28.6 Å².